The third-order valence-electron chi connectivity index (χ3n) is 7.11. The smallest absolute Gasteiger partial charge is 0.251 e. The zero-order chi connectivity index (χ0) is 28.4. The first-order chi connectivity index (χ1) is 18.6. The van der Waals surface area contributed by atoms with Crippen LogP contribution in [0, 0.1) is 5.92 Å². The Morgan fingerprint density at radius 3 is 2.62 bits per heavy atom. The first-order valence-corrected chi connectivity index (χ1v) is 15.9. The number of amides is 1. The van der Waals surface area contributed by atoms with Gasteiger partial charge >= 0.3 is 0 Å². The van der Waals surface area contributed by atoms with E-state index >= 15 is 0 Å². The summed E-state index contributed by atoms with van der Waals surface area (Å²) >= 11 is 0. The summed E-state index contributed by atoms with van der Waals surface area (Å²) in [4.78, 5) is 13.5. The maximum absolute atomic E-state index is 13.5. The minimum atomic E-state index is -2.94. The van der Waals surface area contributed by atoms with Crippen LogP contribution in [0.5, 0.6) is 0 Å². The molecule has 10 heteroatoms. The average molecular weight is 565 g/mol. The molecule has 220 valence electrons. The molecule has 0 radical (unpaired) electrons. The molecule has 1 aromatic carbocycles. The number of rotatable bonds is 15. The third-order valence-corrected chi connectivity index (χ3v) is 9.04. The standard InChI is InChI=1S/C29H48N4O5S/c1-5-30-24-16-23(17-25(18-24)33-13-6-7-15-39(33,36)37)29(35)32-27(19-26-12-9-14-38-26)28(34)20-31-22(4)11-8-10-21(2)3/h9,12,14,16-18,21-22,27-28,30-31,34,36-37H,5-8,10-11,13,15,19-20H2,1-4H3,(H,32,35)/t22?,27-,28-/m0/s1. The summed E-state index contributed by atoms with van der Waals surface area (Å²) < 4.78 is 28.5. The predicted octanol–water partition coefficient (Wildman–Crippen LogP) is 5.48. The van der Waals surface area contributed by atoms with Gasteiger partial charge in [-0.25, -0.2) is 0 Å². The van der Waals surface area contributed by atoms with Gasteiger partial charge in [-0.05, 0) is 69.4 Å². The van der Waals surface area contributed by atoms with Crippen LogP contribution >= 0.6 is 10.8 Å². The molecule has 1 aromatic heterocycles. The second kappa shape index (κ2) is 14.9. The van der Waals surface area contributed by atoms with Crippen molar-refractivity contribution in [2.24, 2.45) is 5.92 Å². The second-order valence-corrected chi connectivity index (χ2v) is 13.1. The van der Waals surface area contributed by atoms with Crippen molar-refractivity contribution in [2.75, 3.05) is 35.0 Å². The molecule has 1 unspecified atom stereocenters. The van der Waals surface area contributed by atoms with Crippen LogP contribution in [-0.2, 0) is 6.42 Å². The number of aliphatic hydroxyl groups is 1. The Morgan fingerprint density at radius 2 is 1.95 bits per heavy atom. The molecule has 0 spiro atoms. The number of furan rings is 1. The Balaban J connectivity index is 1.75. The molecule has 0 saturated carbocycles. The minimum Gasteiger partial charge on any atom is -0.469 e. The van der Waals surface area contributed by atoms with Crippen LogP contribution in [0.4, 0.5) is 11.4 Å². The Morgan fingerprint density at radius 1 is 1.15 bits per heavy atom. The van der Waals surface area contributed by atoms with Crippen LogP contribution in [-0.4, -0.2) is 63.7 Å². The lowest BCUT2D eigenvalue weighted by Gasteiger charge is -2.47. The van der Waals surface area contributed by atoms with Crippen molar-refractivity contribution in [1.29, 1.82) is 0 Å². The van der Waals surface area contributed by atoms with Crippen molar-refractivity contribution in [1.82, 2.24) is 10.6 Å². The van der Waals surface area contributed by atoms with Gasteiger partial charge in [0.1, 0.15) is 5.76 Å². The molecule has 6 N–H and O–H groups in total. The molecule has 1 aliphatic heterocycles. The number of aliphatic hydroxyl groups excluding tert-OH is 1. The fraction of sp³-hybridized carbons (Fsp3) is 0.621. The zero-order valence-corrected chi connectivity index (χ0v) is 24.7. The van der Waals surface area contributed by atoms with E-state index in [-0.39, 0.29) is 11.9 Å². The van der Waals surface area contributed by atoms with Gasteiger partial charge in [0, 0.05) is 43.3 Å². The van der Waals surface area contributed by atoms with Gasteiger partial charge in [-0.3, -0.25) is 18.2 Å². The summed E-state index contributed by atoms with van der Waals surface area (Å²) in [6.45, 7) is 10.0. The van der Waals surface area contributed by atoms with Crippen LogP contribution in [0.1, 0.15) is 75.9 Å². The van der Waals surface area contributed by atoms with Gasteiger partial charge in [0.2, 0.25) is 0 Å². The molecule has 1 fully saturated rings. The summed E-state index contributed by atoms with van der Waals surface area (Å²) in [5.41, 5.74) is 1.70. The zero-order valence-electron chi connectivity index (χ0n) is 23.9. The van der Waals surface area contributed by atoms with Crippen LogP contribution in [0.15, 0.2) is 41.0 Å². The van der Waals surface area contributed by atoms with E-state index in [2.05, 4.69) is 36.7 Å². The van der Waals surface area contributed by atoms with Gasteiger partial charge in [0.15, 0.2) is 0 Å². The van der Waals surface area contributed by atoms with Crippen molar-refractivity contribution < 1.29 is 23.4 Å². The summed E-state index contributed by atoms with van der Waals surface area (Å²) in [6.07, 6.45) is 6.02. The van der Waals surface area contributed by atoms with E-state index in [9.17, 15) is 19.0 Å². The fourth-order valence-electron chi connectivity index (χ4n) is 4.88. The highest BCUT2D eigenvalue weighted by atomic mass is 32.3. The lowest BCUT2D eigenvalue weighted by atomic mass is 10.0. The van der Waals surface area contributed by atoms with Crippen LogP contribution < -0.4 is 20.3 Å². The van der Waals surface area contributed by atoms with Crippen molar-refractivity contribution in [2.45, 2.75) is 84.4 Å². The predicted molar refractivity (Wildman–Crippen MR) is 161 cm³/mol. The average Bonchev–Trinajstić information content (AvgIpc) is 3.39. The number of hydrogen-bond donors (Lipinski definition) is 6. The number of benzene rings is 1. The lowest BCUT2D eigenvalue weighted by molar-refractivity contribution is 0.0818. The van der Waals surface area contributed by atoms with Crippen LogP contribution in [0.2, 0.25) is 0 Å². The molecule has 1 aliphatic rings. The Bertz CT molecular complexity index is 1020. The fourth-order valence-corrected chi connectivity index (χ4v) is 6.55. The largest absolute Gasteiger partial charge is 0.469 e. The molecule has 39 heavy (non-hydrogen) atoms. The van der Waals surface area contributed by atoms with E-state index in [1.807, 2.05) is 19.1 Å². The molecule has 3 atom stereocenters. The van der Waals surface area contributed by atoms with E-state index < -0.39 is 22.9 Å². The second-order valence-electron chi connectivity index (χ2n) is 11.0. The van der Waals surface area contributed by atoms with E-state index in [4.69, 9.17) is 4.42 Å². The van der Waals surface area contributed by atoms with Gasteiger partial charge < -0.3 is 25.5 Å². The third kappa shape index (κ3) is 9.72. The molecule has 2 aromatic rings. The quantitative estimate of drug-likeness (QED) is 0.168. The summed E-state index contributed by atoms with van der Waals surface area (Å²) in [5.74, 6) is 1.32. The Labute approximate surface area is 235 Å². The van der Waals surface area contributed by atoms with E-state index in [0.717, 1.165) is 31.4 Å². The van der Waals surface area contributed by atoms with Crippen molar-refractivity contribution in [3.8, 4) is 0 Å². The molecule has 2 heterocycles. The first kappa shape index (κ1) is 31.3. The molecule has 9 nitrogen and oxygen atoms in total. The number of nitrogens with zero attached hydrogens (tertiary/aromatic N) is 1. The van der Waals surface area contributed by atoms with Gasteiger partial charge in [-0.15, -0.1) is 10.8 Å². The normalized spacial score (nSPS) is 18.4. The molecule has 0 aliphatic carbocycles. The van der Waals surface area contributed by atoms with E-state index in [0.29, 0.717) is 54.7 Å². The highest BCUT2D eigenvalue weighted by molar-refractivity contribution is 8.25. The number of hydrogen-bond acceptors (Lipinski definition) is 8. The van der Waals surface area contributed by atoms with Gasteiger partial charge in [-0.2, -0.15) is 0 Å². The van der Waals surface area contributed by atoms with Gasteiger partial charge in [0.25, 0.3) is 5.91 Å². The number of carbonyl (C=O) groups excluding carboxylic acids is 1. The van der Waals surface area contributed by atoms with Crippen molar-refractivity contribution in [3.05, 3.63) is 47.9 Å². The summed E-state index contributed by atoms with van der Waals surface area (Å²) in [6, 6.07) is 8.59. The molecule has 0 bridgehead atoms. The van der Waals surface area contributed by atoms with E-state index in [1.165, 1.54) is 6.42 Å². The van der Waals surface area contributed by atoms with Crippen molar-refractivity contribution in [3.63, 3.8) is 0 Å². The maximum Gasteiger partial charge on any atom is 0.251 e. The number of nitrogens with one attached hydrogen (secondary N) is 3. The SMILES string of the molecule is CCNc1cc(C(=O)N[C@@H](Cc2ccco2)[C@@H](O)CNC(C)CCCC(C)C)cc(N2CCCCS2(O)O)c1. The minimum absolute atomic E-state index is 0.252. The maximum atomic E-state index is 13.5. The summed E-state index contributed by atoms with van der Waals surface area (Å²) in [5, 5.41) is 20.8. The van der Waals surface area contributed by atoms with Crippen LogP contribution in [0.25, 0.3) is 0 Å². The summed E-state index contributed by atoms with van der Waals surface area (Å²) in [7, 11) is -2.94. The topological polar surface area (TPSA) is 130 Å². The van der Waals surface area contributed by atoms with Crippen molar-refractivity contribution >= 4 is 28.1 Å². The van der Waals surface area contributed by atoms with Gasteiger partial charge in [-0.1, -0.05) is 26.7 Å². The molecule has 3 rings (SSSR count). The molecule has 1 saturated heterocycles. The Kier molecular flexibility index (Phi) is 12.0. The van der Waals surface area contributed by atoms with Gasteiger partial charge in [0.05, 0.1) is 29.8 Å². The first-order valence-electron chi connectivity index (χ1n) is 14.3. The number of carbonyl (C=O) groups is 1. The van der Waals surface area contributed by atoms with Crippen LogP contribution in [0.3, 0.4) is 0 Å². The highest BCUT2D eigenvalue weighted by Crippen LogP contribution is 2.50. The molecular formula is C29H48N4O5S. The molecule has 1 amide bonds. The van der Waals surface area contributed by atoms with E-state index in [1.54, 1.807) is 28.8 Å². The Hall–Kier alpha value is -2.24. The molecular weight excluding hydrogens is 516 g/mol. The monoisotopic (exact) mass is 564 g/mol. The highest BCUT2D eigenvalue weighted by Gasteiger charge is 2.29. The lowest BCUT2D eigenvalue weighted by Crippen LogP contribution is -2.49. The number of anilines is 2.